The molecule has 2 aromatic rings. The number of carboxylic acid groups (broad SMARTS) is 1. The highest BCUT2D eigenvalue weighted by atomic mass is 79.9. The fourth-order valence-corrected chi connectivity index (χ4v) is 4.67. The number of carboxylic acids is 1. The number of rotatable bonds is 8. The fraction of sp³-hybridized carbons (Fsp3) is 0.435. The van der Waals surface area contributed by atoms with Gasteiger partial charge in [-0.3, -0.25) is 9.69 Å². The molecule has 0 radical (unpaired) electrons. The van der Waals surface area contributed by atoms with Gasteiger partial charge in [0, 0.05) is 11.0 Å². The normalized spacial score (nSPS) is 17.6. The Morgan fingerprint density at radius 1 is 1.00 bits per heavy atom. The van der Waals surface area contributed by atoms with Gasteiger partial charge in [-0.2, -0.15) is 0 Å². The average Bonchev–Trinajstić information content (AvgIpc) is 2.79. The van der Waals surface area contributed by atoms with E-state index >= 15 is 0 Å². The highest BCUT2D eigenvalue weighted by Crippen LogP contribution is 2.43. The molecule has 168 valence electrons. The Labute approximate surface area is 191 Å². The van der Waals surface area contributed by atoms with Gasteiger partial charge in [0.15, 0.2) is 23.0 Å². The van der Waals surface area contributed by atoms with Gasteiger partial charge >= 0.3 is 5.97 Å². The fourth-order valence-electron chi connectivity index (χ4n) is 4.13. The third-order valence-corrected chi connectivity index (χ3v) is 6.37. The molecule has 3 rings (SSSR count). The summed E-state index contributed by atoms with van der Waals surface area (Å²) in [6.07, 6.45) is 1.49. The average molecular weight is 494 g/mol. The molecule has 0 amide bonds. The van der Waals surface area contributed by atoms with Crippen LogP contribution in [0.2, 0.25) is 0 Å². The van der Waals surface area contributed by atoms with Crippen LogP contribution in [0.15, 0.2) is 34.8 Å². The minimum atomic E-state index is -0.762. The van der Waals surface area contributed by atoms with Crippen molar-refractivity contribution in [2.75, 3.05) is 41.5 Å². The van der Waals surface area contributed by atoms with Crippen molar-refractivity contribution in [3.8, 4) is 23.0 Å². The topological polar surface area (TPSA) is 77.5 Å². The van der Waals surface area contributed by atoms with Gasteiger partial charge in [-0.25, -0.2) is 0 Å². The number of hydrogen-bond donors (Lipinski definition) is 1. The number of halogens is 1. The van der Waals surface area contributed by atoms with Crippen LogP contribution >= 0.6 is 15.9 Å². The summed E-state index contributed by atoms with van der Waals surface area (Å²) in [7, 11) is 6.40. The third kappa shape index (κ3) is 4.91. The van der Waals surface area contributed by atoms with E-state index in [1.165, 1.54) is 0 Å². The van der Waals surface area contributed by atoms with Crippen molar-refractivity contribution in [3.05, 3.63) is 45.9 Å². The summed E-state index contributed by atoms with van der Waals surface area (Å²) in [6, 6.07) is 9.40. The van der Waals surface area contributed by atoms with Crippen molar-refractivity contribution in [3.63, 3.8) is 0 Å². The van der Waals surface area contributed by atoms with Crippen LogP contribution < -0.4 is 18.9 Å². The first-order valence-electron chi connectivity index (χ1n) is 10.0. The van der Waals surface area contributed by atoms with Crippen LogP contribution in [0.5, 0.6) is 23.0 Å². The van der Waals surface area contributed by atoms with Crippen molar-refractivity contribution < 1.29 is 28.8 Å². The molecule has 1 saturated heterocycles. The Morgan fingerprint density at radius 2 is 1.61 bits per heavy atom. The molecule has 1 heterocycles. The number of methoxy groups -OCH3 is 4. The number of likely N-dealkylation sites (tertiary alicyclic amines) is 1. The van der Waals surface area contributed by atoms with Gasteiger partial charge in [0.2, 0.25) is 0 Å². The van der Waals surface area contributed by atoms with E-state index in [-0.39, 0.29) is 6.04 Å². The van der Waals surface area contributed by atoms with Crippen molar-refractivity contribution in [2.45, 2.75) is 18.9 Å². The lowest BCUT2D eigenvalue weighted by molar-refractivity contribution is -0.143. The quantitative estimate of drug-likeness (QED) is 0.584. The minimum absolute atomic E-state index is 0.212. The number of aliphatic carboxylic acids is 1. The van der Waals surface area contributed by atoms with E-state index in [0.717, 1.165) is 28.6 Å². The molecule has 1 aliphatic heterocycles. The van der Waals surface area contributed by atoms with Gasteiger partial charge in [0.25, 0.3) is 0 Å². The van der Waals surface area contributed by atoms with Crippen LogP contribution in [-0.4, -0.2) is 57.5 Å². The lowest BCUT2D eigenvalue weighted by atomic mass is 9.91. The molecule has 0 aliphatic carbocycles. The Hall–Kier alpha value is -2.45. The van der Waals surface area contributed by atoms with E-state index in [2.05, 4.69) is 20.8 Å². The van der Waals surface area contributed by atoms with Crippen LogP contribution in [-0.2, 0) is 4.79 Å². The van der Waals surface area contributed by atoms with Crippen molar-refractivity contribution in [1.29, 1.82) is 0 Å². The van der Waals surface area contributed by atoms with E-state index in [0.29, 0.717) is 36.0 Å². The van der Waals surface area contributed by atoms with Crippen LogP contribution in [0, 0.1) is 5.92 Å². The predicted octanol–water partition coefficient (Wildman–Crippen LogP) is 4.37. The second-order valence-corrected chi connectivity index (χ2v) is 8.27. The van der Waals surface area contributed by atoms with Gasteiger partial charge < -0.3 is 24.1 Å². The molecule has 7 nitrogen and oxygen atoms in total. The summed E-state index contributed by atoms with van der Waals surface area (Å²) in [5.74, 6) is 1.31. The van der Waals surface area contributed by atoms with E-state index in [1.54, 1.807) is 28.4 Å². The molecule has 2 aromatic carbocycles. The van der Waals surface area contributed by atoms with E-state index in [4.69, 9.17) is 18.9 Å². The Bertz CT molecular complexity index is 935. The van der Waals surface area contributed by atoms with Gasteiger partial charge in [-0.15, -0.1) is 0 Å². The molecule has 31 heavy (non-hydrogen) atoms. The van der Waals surface area contributed by atoms with Crippen molar-refractivity contribution >= 4 is 21.9 Å². The molecule has 2 unspecified atom stereocenters. The maximum Gasteiger partial charge on any atom is 0.307 e. The van der Waals surface area contributed by atoms with E-state index in [1.807, 2.05) is 30.3 Å². The lowest BCUT2D eigenvalue weighted by Gasteiger charge is -2.38. The standard InChI is InChI=1S/C23H28BrNO6/c1-28-18-8-7-14(10-19(18)29-2)22(25-9-5-6-15(13-25)23(26)27)16-11-20(30-3)21(31-4)12-17(16)24/h7-8,10-12,15,22H,5-6,9,13H2,1-4H3,(H,26,27). The third-order valence-electron chi connectivity index (χ3n) is 5.69. The monoisotopic (exact) mass is 493 g/mol. The predicted molar refractivity (Wildman–Crippen MR) is 121 cm³/mol. The molecule has 1 aliphatic rings. The number of hydrogen-bond acceptors (Lipinski definition) is 6. The summed E-state index contributed by atoms with van der Waals surface area (Å²) in [5, 5.41) is 9.63. The summed E-state index contributed by atoms with van der Waals surface area (Å²) in [6.45, 7) is 1.23. The minimum Gasteiger partial charge on any atom is -0.493 e. The molecular weight excluding hydrogens is 466 g/mol. The van der Waals surface area contributed by atoms with Gasteiger partial charge in [-0.1, -0.05) is 22.0 Å². The first-order chi connectivity index (χ1) is 14.9. The second-order valence-electron chi connectivity index (χ2n) is 7.42. The maximum absolute atomic E-state index is 11.7. The van der Waals surface area contributed by atoms with E-state index in [9.17, 15) is 9.90 Å². The van der Waals surface area contributed by atoms with Gasteiger partial charge in [-0.05, 0) is 54.8 Å². The van der Waals surface area contributed by atoms with Crippen LogP contribution in [0.1, 0.15) is 30.0 Å². The zero-order chi connectivity index (χ0) is 22.5. The molecule has 1 fully saturated rings. The number of nitrogens with zero attached hydrogens (tertiary/aromatic N) is 1. The Morgan fingerprint density at radius 3 is 2.23 bits per heavy atom. The molecule has 0 saturated carbocycles. The van der Waals surface area contributed by atoms with Crippen LogP contribution in [0.25, 0.3) is 0 Å². The zero-order valence-corrected chi connectivity index (χ0v) is 19.8. The van der Waals surface area contributed by atoms with Gasteiger partial charge in [0.1, 0.15) is 0 Å². The van der Waals surface area contributed by atoms with Crippen LogP contribution in [0.4, 0.5) is 0 Å². The van der Waals surface area contributed by atoms with Crippen molar-refractivity contribution in [1.82, 2.24) is 4.90 Å². The maximum atomic E-state index is 11.7. The molecule has 0 bridgehead atoms. The highest BCUT2D eigenvalue weighted by Gasteiger charge is 2.33. The summed E-state index contributed by atoms with van der Waals surface area (Å²) < 4.78 is 22.8. The van der Waals surface area contributed by atoms with Crippen molar-refractivity contribution in [2.24, 2.45) is 5.92 Å². The first-order valence-corrected chi connectivity index (χ1v) is 10.8. The lowest BCUT2D eigenvalue weighted by Crippen LogP contribution is -2.41. The van der Waals surface area contributed by atoms with E-state index < -0.39 is 11.9 Å². The van der Waals surface area contributed by atoms with Gasteiger partial charge in [0.05, 0.1) is 40.4 Å². The summed E-state index contributed by atoms with van der Waals surface area (Å²) in [4.78, 5) is 13.9. The molecule has 2 atom stereocenters. The first kappa shape index (κ1) is 23.2. The molecule has 1 N–H and O–H groups in total. The number of carbonyl (C=O) groups is 1. The highest BCUT2D eigenvalue weighted by molar-refractivity contribution is 9.10. The molecule has 0 aromatic heterocycles. The Kier molecular flexibility index (Phi) is 7.67. The molecular formula is C23H28BrNO6. The summed E-state index contributed by atoms with van der Waals surface area (Å²) >= 11 is 3.69. The molecule has 0 spiro atoms. The Balaban J connectivity index is 2.15. The number of ether oxygens (including phenoxy) is 4. The number of piperidine rings is 1. The second kappa shape index (κ2) is 10.2. The van der Waals surface area contributed by atoms with Crippen LogP contribution in [0.3, 0.4) is 0 Å². The number of benzene rings is 2. The smallest absolute Gasteiger partial charge is 0.307 e. The zero-order valence-electron chi connectivity index (χ0n) is 18.2. The summed E-state index contributed by atoms with van der Waals surface area (Å²) in [5.41, 5.74) is 1.92. The molecule has 8 heteroatoms. The SMILES string of the molecule is COc1ccc(C(c2cc(OC)c(OC)cc2Br)N2CCCC(C(=O)O)C2)cc1OC. The largest absolute Gasteiger partial charge is 0.493 e.